The lowest BCUT2D eigenvalue weighted by atomic mass is 10.3. The molecule has 0 saturated carbocycles. The molecule has 1 unspecified atom stereocenters. The Hall–Kier alpha value is -1.34. The van der Waals surface area contributed by atoms with E-state index in [0.29, 0.717) is 5.16 Å². The third kappa shape index (κ3) is 4.13. The van der Waals surface area contributed by atoms with Gasteiger partial charge in [-0.15, -0.1) is 0 Å². The average Bonchev–Trinajstić information content (AvgIpc) is 2.17. The van der Waals surface area contributed by atoms with E-state index < -0.39 is 0 Å². The van der Waals surface area contributed by atoms with Gasteiger partial charge in [-0.1, -0.05) is 18.7 Å². The smallest absolute Gasteiger partial charge is 0.251 e. The number of aromatic nitrogens is 2. The molecule has 1 atom stereocenters. The number of nitrogens with two attached hydrogens (primary N) is 1. The normalized spacial score (nSPS) is 12.1. The minimum absolute atomic E-state index is 0.000833. The van der Waals surface area contributed by atoms with E-state index in [1.807, 2.05) is 12.3 Å². The lowest BCUT2D eigenvalue weighted by Gasteiger charge is -2.08. The van der Waals surface area contributed by atoms with Gasteiger partial charge in [-0.25, -0.2) is 10.8 Å². The summed E-state index contributed by atoms with van der Waals surface area (Å²) in [6.45, 7) is 1.85. The molecule has 0 aliphatic heterocycles. The molecule has 6 nitrogen and oxygen atoms in total. The zero-order chi connectivity index (χ0) is 11.3. The van der Waals surface area contributed by atoms with Gasteiger partial charge in [0.2, 0.25) is 5.91 Å². The molecular formula is C8H12N4O2S. The molecule has 82 valence electrons. The van der Waals surface area contributed by atoms with Crippen LogP contribution in [0.1, 0.15) is 13.3 Å². The Kier molecular flexibility index (Phi) is 4.32. The summed E-state index contributed by atoms with van der Waals surface area (Å²) in [4.78, 5) is 28.4. The van der Waals surface area contributed by atoms with Crippen molar-refractivity contribution in [2.24, 2.45) is 5.84 Å². The van der Waals surface area contributed by atoms with Crippen molar-refractivity contribution in [3.8, 4) is 0 Å². The molecule has 0 aliphatic carbocycles. The standard InChI is InChI=1S/C8H12N4O2S/c1-5(4-7(14)12-9)15-8-10-3-2-6(13)11-8/h2-3,5H,4,9H2,1H3,(H,12,14)(H,10,11,13). The zero-order valence-electron chi connectivity index (χ0n) is 8.19. The van der Waals surface area contributed by atoms with Gasteiger partial charge in [-0.2, -0.15) is 0 Å². The van der Waals surface area contributed by atoms with Gasteiger partial charge in [0.25, 0.3) is 5.56 Å². The minimum atomic E-state index is -0.242. The van der Waals surface area contributed by atoms with Crippen LogP contribution >= 0.6 is 11.8 Å². The largest absolute Gasteiger partial charge is 0.301 e. The number of thioether (sulfide) groups is 1. The topological polar surface area (TPSA) is 101 Å². The molecule has 0 spiro atoms. The first-order valence-corrected chi connectivity index (χ1v) is 5.21. The summed E-state index contributed by atoms with van der Waals surface area (Å²) >= 11 is 1.32. The lowest BCUT2D eigenvalue weighted by Crippen LogP contribution is -2.31. The number of hydrogen-bond acceptors (Lipinski definition) is 5. The van der Waals surface area contributed by atoms with E-state index in [9.17, 15) is 9.59 Å². The van der Waals surface area contributed by atoms with Crippen molar-refractivity contribution >= 4 is 17.7 Å². The second-order valence-corrected chi connectivity index (χ2v) is 4.37. The molecule has 0 fully saturated rings. The van der Waals surface area contributed by atoms with E-state index in [1.165, 1.54) is 24.0 Å². The highest BCUT2D eigenvalue weighted by Crippen LogP contribution is 2.19. The van der Waals surface area contributed by atoms with E-state index >= 15 is 0 Å². The molecule has 4 N–H and O–H groups in total. The molecule has 0 bridgehead atoms. The highest BCUT2D eigenvalue weighted by molar-refractivity contribution is 7.99. The van der Waals surface area contributed by atoms with Gasteiger partial charge in [0.15, 0.2) is 5.16 Å². The number of H-pyrrole nitrogens is 1. The molecule has 0 aromatic carbocycles. The van der Waals surface area contributed by atoms with Crippen LogP contribution in [0.2, 0.25) is 0 Å². The lowest BCUT2D eigenvalue weighted by molar-refractivity contribution is -0.121. The van der Waals surface area contributed by atoms with Gasteiger partial charge in [0.1, 0.15) is 0 Å². The molecule has 1 rings (SSSR count). The van der Waals surface area contributed by atoms with Crippen LogP contribution in [0.3, 0.4) is 0 Å². The minimum Gasteiger partial charge on any atom is -0.301 e. The summed E-state index contributed by atoms with van der Waals surface area (Å²) in [6, 6.07) is 1.33. The Labute approximate surface area is 90.6 Å². The summed E-state index contributed by atoms with van der Waals surface area (Å²) < 4.78 is 0. The Morgan fingerprint density at radius 3 is 3.13 bits per heavy atom. The Bertz CT molecular complexity index is 392. The van der Waals surface area contributed by atoms with Crippen molar-refractivity contribution in [2.75, 3.05) is 0 Å². The van der Waals surface area contributed by atoms with Gasteiger partial charge in [0, 0.05) is 23.9 Å². The van der Waals surface area contributed by atoms with Gasteiger partial charge < -0.3 is 4.98 Å². The first-order chi connectivity index (χ1) is 7.11. The highest BCUT2D eigenvalue weighted by atomic mass is 32.2. The second-order valence-electron chi connectivity index (χ2n) is 2.94. The number of rotatable bonds is 4. The van der Waals surface area contributed by atoms with Crippen LogP contribution in [0.5, 0.6) is 0 Å². The Balaban J connectivity index is 2.54. The van der Waals surface area contributed by atoms with Crippen molar-refractivity contribution in [3.05, 3.63) is 22.6 Å². The van der Waals surface area contributed by atoms with E-state index in [1.54, 1.807) is 0 Å². The molecule has 1 aromatic rings. The molecule has 1 amide bonds. The first-order valence-electron chi connectivity index (χ1n) is 4.33. The molecule has 0 saturated heterocycles. The molecule has 1 aromatic heterocycles. The van der Waals surface area contributed by atoms with Crippen LogP contribution < -0.4 is 16.8 Å². The maximum Gasteiger partial charge on any atom is 0.251 e. The predicted molar refractivity (Wildman–Crippen MR) is 57.1 cm³/mol. The fourth-order valence-corrected chi connectivity index (χ4v) is 1.86. The van der Waals surface area contributed by atoms with Crippen LogP contribution in [0.15, 0.2) is 22.2 Å². The van der Waals surface area contributed by atoms with E-state index in [0.717, 1.165) is 0 Å². The van der Waals surface area contributed by atoms with Crippen molar-refractivity contribution in [1.29, 1.82) is 0 Å². The maximum atomic E-state index is 10.9. The zero-order valence-corrected chi connectivity index (χ0v) is 9.00. The van der Waals surface area contributed by atoms with Crippen LogP contribution in [0.4, 0.5) is 0 Å². The van der Waals surface area contributed by atoms with Gasteiger partial charge in [0.05, 0.1) is 0 Å². The van der Waals surface area contributed by atoms with Crippen LogP contribution in [0.25, 0.3) is 0 Å². The van der Waals surface area contributed by atoms with Crippen molar-refractivity contribution < 1.29 is 4.79 Å². The molecule has 15 heavy (non-hydrogen) atoms. The number of hydrazine groups is 1. The number of amides is 1. The summed E-state index contributed by atoms with van der Waals surface area (Å²) in [7, 11) is 0. The third-order valence-electron chi connectivity index (χ3n) is 1.59. The third-order valence-corrected chi connectivity index (χ3v) is 2.59. The van der Waals surface area contributed by atoms with E-state index in [-0.39, 0.29) is 23.1 Å². The fraction of sp³-hybridized carbons (Fsp3) is 0.375. The summed E-state index contributed by atoms with van der Waals surface area (Å²) in [5, 5.41) is 0.499. The molecular weight excluding hydrogens is 216 g/mol. The number of aromatic amines is 1. The van der Waals surface area contributed by atoms with Crippen LogP contribution in [-0.2, 0) is 4.79 Å². The Morgan fingerprint density at radius 1 is 1.80 bits per heavy atom. The predicted octanol–water partition coefficient (Wildman–Crippen LogP) is -0.370. The number of nitrogens with one attached hydrogen (secondary N) is 2. The highest BCUT2D eigenvalue weighted by Gasteiger charge is 2.10. The Morgan fingerprint density at radius 2 is 2.53 bits per heavy atom. The molecule has 7 heteroatoms. The molecule has 0 aliphatic rings. The number of carbonyl (C=O) groups is 1. The van der Waals surface area contributed by atoms with Gasteiger partial charge in [-0.3, -0.25) is 15.0 Å². The summed E-state index contributed by atoms with van der Waals surface area (Å²) in [6.07, 6.45) is 1.71. The first kappa shape index (κ1) is 11.7. The quantitative estimate of drug-likeness (QED) is 0.215. The number of hydrogen-bond donors (Lipinski definition) is 3. The van der Waals surface area contributed by atoms with E-state index in [4.69, 9.17) is 5.84 Å². The monoisotopic (exact) mass is 228 g/mol. The summed E-state index contributed by atoms with van der Waals surface area (Å²) in [5.41, 5.74) is 1.84. The van der Waals surface area contributed by atoms with Gasteiger partial charge in [-0.05, 0) is 0 Å². The molecule has 0 radical (unpaired) electrons. The molecule has 1 heterocycles. The van der Waals surface area contributed by atoms with Crippen molar-refractivity contribution in [1.82, 2.24) is 15.4 Å². The second kappa shape index (κ2) is 5.52. The van der Waals surface area contributed by atoms with Crippen LogP contribution in [0, 0.1) is 0 Å². The SMILES string of the molecule is CC(CC(=O)NN)Sc1nccc(=O)[nH]1. The van der Waals surface area contributed by atoms with E-state index in [2.05, 4.69) is 9.97 Å². The van der Waals surface area contributed by atoms with Crippen LogP contribution in [-0.4, -0.2) is 21.1 Å². The van der Waals surface area contributed by atoms with Gasteiger partial charge >= 0.3 is 0 Å². The maximum absolute atomic E-state index is 10.9. The summed E-state index contributed by atoms with van der Waals surface area (Å²) in [5.74, 6) is 4.71. The van der Waals surface area contributed by atoms with Crippen molar-refractivity contribution in [3.63, 3.8) is 0 Å². The average molecular weight is 228 g/mol. The van der Waals surface area contributed by atoms with Crippen molar-refractivity contribution in [2.45, 2.75) is 23.8 Å². The number of carbonyl (C=O) groups excluding carboxylic acids is 1. The fourth-order valence-electron chi connectivity index (χ4n) is 0.964. The number of nitrogens with zero attached hydrogens (tertiary/aromatic N) is 1.